The molecule has 7 heteroatoms. The third-order valence-corrected chi connectivity index (χ3v) is 5.72. The van der Waals surface area contributed by atoms with Gasteiger partial charge in [-0.2, -0.15) is 0 Å². The molecule has 0 aliphatic carbocycles. The Hall–Kier alpha value is -2.15. The summed E-state index contributed by atoms with van der Waals surface area (Å²) in [7, 11) is -3.20. The molecule has 2 heterocycles. The molecule has 1 atom stereocenters. The van der Waals surface area contributed by atoms with Crippen LogP contribution >= 0.6 is 0 Å². The first-order chi connectivity index (χ1) is 11.9. The summed E-state index contributed by atoms with van der Waals surface area (Å²) in [6.07, 6.45) is 4.77. The van der Waals surface area contributed by atoms with Crippen molar-refractivity contribution in [1.29, 1.82) is 0 Å². The van der Waals surface area contributed by atoms with Crippen LogP contribution in [0.2, 0.25) is 0 Å². The molecule has 0 bridgehead atoms. The van der Waals surface area contributed by atoms with Gasteiger partial charge < -0.3 is 9.80 Å². The van der Waals surface area contributed by atoms with Gasteiger partial charge in [0.2, 0.25) is 5.95 Å². The number of piperazine rings is 1. The van der Waals surface area contributed by atoms with E-state index in [0.717, 1.165) is 31.3 Å². The van der Waals surface area contributed by atoms with Gasteiger partial charge in [0.1, 0.15) is 0 Å². The van der Waals surface area contributed by atoms with Crippen LogP contribution in [0.15, 0.2) is 47.6 Å². The van der Waals surface area contributed by atoms with E-state index in [0.29, 0.717) is 10.8 Å². The molecule has 1 aliphatic rings. The number of aromatic nitrogens is 2. The molecule has 0 saturated carbocycles. The first-order valence-electron chi connectivity index (χ1n) is 8.45. The van der Waals surface area contributed by atoms with Crippen LogP contribution in [0.3, 0.4) is 0 Å². The second kappa shape index (κ2) is 7.00. The summed E-state index contributed by atoms with van der Waals surface area (Å²) >= 11 is 0. The van der Waals surface area contributed by atoms with E-state index >= 15 is 0 Å². The maximum absolute atomic E-state index is 11.8. The van der Waals surface area contributed by atoms with E-state index in [9.17, 15) is 8.42 Å². The first kappa shape index (κ1) is 17.7. The Morgan fingerprint density at radius 2 is 1.84 bits per heavy atom. The van der Waals surface area contributed by atoms with Crippen LogP contribution in [0.5, 0.6) is 0 Å². The molecule has 1 aromatic heterocycles. The lowest BCUT2D eigenvalue weighted by molar-refractivity contribution is 0.413. The molecule has 3 rings (SSSR count). The van der Waals surface area contributed by atoms with Crippen LogP contribution in [0.25, 0.3) is 0 Å². The molecule has 1 unspecified atom stereocenters. The molecule has 0 amide bonds. The molecule has 25 heavy (non-hydrogen) atoms. The van der Waals surface area contributed by atoms with Gasteiger partial charge in [0, 0.05) is 44.0 Å². The fraction of sp³-hybridized carbons (Fsp3) is 0.444. The normalized spacial score (nSPS) is 18.6. The average molecular weight is 360 g/mol. The minimum absolute atomic E-state index is 0.262. The standard InChI is InChI=1S/C18H24N4O2S/c1-14(2)17-13-21(10-11-22(17)18-19-8-5-9-20-18)15-6-4-7-16(12-15)25(3,23)24/h4-9,12,14,17H,10-11,13H2,1-3H3. The quantitative estimate of drug-likeness (QED) is 0.833. The maximum atomic E-state index is 11.8. The highest BCUT2D eigenvalue weighted by atomic mass is 32.2. The van der Waals surface area contributed by atoms with Gasteiger partial charge in [-0.25, -0.2) is 18.4 Å². The zero-order valence-electron chi connectivity index (χ0n) is 14.8. The van der Waals surface area contributed by atoms with E-state index in [1.54, 1.807) is 24.5 Å². The Morgan fingerprint density at radius 3 is 2.48 bits per heavy atom. The van der Waals surface area contributed by atoms with Crippen molar-refractivity contribution >= 4 is 21.5 Å². The van der Waals surface area contributed by atoms with Crippen molar-refractivity contribution < 1.29 is 8.42 Å². The lowest BCUT2D eigenvalue weighted by atomic mass is 9.99. The molecule has 0 radical (unpaired) electrons. The first-order valence-corrected chi connectivity index (χ1v) is 10.3. The summed E-state index contributed by atoms with van der Waals surface area (Å²) in [5, 5.41) is 0. The van der Waals surface area contributed by atoms with E-state index in [1.807, 2.05) is 18.2 Å². The summed E-state index contributed by atoms with van der Waals surface area (Å²) in [6.45, 7) is 6.79. The van der Waals surface area contributed by atoms with Crippen LogP contribution < -0.4 is 9.80 Å². The number of sulfone groups is 1. The lowest BCUT2D eigenvalue weighted by Crippen LogP contribution is -2.56. The fourth-order valence-electron chi connectivity index (χ4n) is 3.21. The van der Waals surface area contributed by atoms with Gasteiger partial charge in [-0.3, -0.25) is 0 Å². The highest BCUT2D eigenvalue weighted by Crippen LogP contribution is 2.26. The highest BCUT2D eigenvalue weighted by Gasteiger charge is 2.31. The van der Waals surface area contributed by atoms with E-state index < -0.39 is 9.84 Å². The predicted octanol–water partition coefficient (Wildman–Crippen LogP) is 2.23. The number of anilines is 2. The van der Waals surface area contributed by atoms with Gasteiger partial charge in [-0.05, 0) is 30.2 Å². The average Bonchev–Trinajstić information content (AvgIpc) is 2.61. The topological polar surface area (TPSA) is 66.4 Å². The number of benzene rings is 1. The molecule has 1 aromatic carbocycles. The van der Waals surface area contributed by atoms with Crippen molar-refractivity contribution in [2.75, 3.05) is 35.7 Å². The van der Waals surface area contributed by atoms with Crippen LogP contribution in [0, 0.1) is 5.92 Å². The van der Waals surface area contributed by atoms with Gasteiger partial charge in [0.25, 0.3) is 0 Å². The molecule has 134 valence electrons. The molecule has 1 fully saturated rings. The second-order valence-corrected chi connectivity index (χ2v) is 8.78. The summed E-state index contributed by atoms with van der Waals surface area (Å²) in [6, 6.07) is 9.27. The number of hydrogen-bond acceptors (Lipinski definition) is 6. The maximum Gasteiger partial charge on any atom is 0.225 e. The van der Waals surface area contributed by atoms with E-state index in [1.165, 1.54) is 6.26 Å². The predicted molar refractivity (Wildman–Crippen MR) is 99.8 cm³/mol. The molecular formula is C18H24N4O2S. The number of rotatable bonds is 4. The Kier molecular flexibility index (Phi) is 4.94. The minimum Gasteiger partial charge on any atom is -0.368 e. The molecule has 6 nitrogen and oxygen atoms in total. The Labute approximate surface area is 149 Å². The monoisotopic (exact) mass is 360 g/mol. The van der Waals surface area contributed by atoms with Crippen LogP contribution in [-0.2, 0) is 9.84 Å². The fourth-order valence-corrected chi connectivity index (χ4v) is 3.87. The van der Waals surface area contributed by atoms with Crippen molar-refractivity contribution in [2.45, 2.75) is 24.8 Å². The number of nitrogens with zero attached hydrogens (tertiary/aromatic N) is 4. The van der Waals surface area contributed by atoms with E-state index in [4.69, 9.17) is 0 Å². The van der Waals surface area contributed by atoms with Gasteiger partial charge in [0.15, 0.2) is 9.84 Å². The summed E-state index contributed by atoms with van der Waals surface area (Å²) in [4.78, 5) is 13.7. The van der Waals surface area contributed by atoms with Crippen molar-refractivity contribution in [2.24, 2.45) is 5.92 Å². The zero-order valence-corrected chi connectivity index (χ0v) is 15.6. The van der Waals surface area contributed by atoms with Crippen LogP contribution in [-0.4, -0.2) is 50.3 Å². The largest absolute Gasteiger partial charge is 0.368 e. The van der Waals surface area contributed by atoms with Gasteiger partial charge in [-0.1, -0.05) is 19.9 Å². The lowest BCUT2D eigenvalue weighted by Gasteiger charge is -2.44. The number of hydrogen-bond donors (Lipinski definition) is 0. The molecule has 2 aromatic rings. The summed E-state index contributed by atoms with van der Waals surface area (Å²) in [5.74, 6) is 1.18. The Bertz CT molecular complexity index is 824. The smallest absolute Gasteiger partial charge is 0.225 e. The Balaban J connectivity index is 1.85. The van der Waals surface area contributed by atoms with Crippen LogP contribution in [0.4, 0.5) is 11.6 Å². The summed E-state index contributed by atoms with van der Waals surface area (Å²) < 4.78 is 23.7. The SMILES string of the molecule is CC(C)C1CN(c2cccc(S(C)(=O)=O)c2)CCN1c1ncccn1. The molecular weight excluding hydrogens is 336 g/mol. The van der Waals surface area contributed by atoms with Gasteiger partial charge in [0.05, 0.1) is 10.9 Å². The third kappa shape index (κ3) is 3.92. The minimum atomic E-state index is -3.20. The molecule has 0 spiro atoms. The van der Waals surface area contributed by atoms with Gasteiger partial charge in [-0.15, -0.1) is 0 Å². The van der Waals surface area contributed by atoms with Crippen molar-refractivity contribution in [1.82, 2.24) is 9.97 Å². The third-order valence-electron chi connectivity index (χ3n) is 4.61. The van der Waals surface area contributed by atoms with E-state index in [2.05, 4.69) is 33.6 Å². The Morgan fingerprint density at radius 1 is 1.12 bits per heavy atom. The molecule has 1 saturated heterocycles. The van der Waals surface area contributed by atoms with Crippen LogP contribution in [0.1, 0.15) is 13.8 Å². The van der Waals surface area contributed by atoms with Crippen molar-refractivity contribution in [3.63, 3.8) is 0 Å². The van der Waals surface area contributed by atoms with Crippen molar-refractivity contribution in [3.8, 4) is 0 Å². The zero-order chi connectivity index (χ0) is 18.0. The van der Waals surface area contributed by atoms with Crippen molar-refractivity contribution in [3.05, 3.63) is 42.7 Å². The molecule has 0 N–H and O–H groups in total. The summed E-state index contributed by atoms with van der Waals surface area (Å²) in [5.41, 5.74) is 0.946. The van der Waals surface area contributed by atoms with Gasteiger partial charge >= 0.3 is 0 Å². The molecule has 1 aliphatic heterocycles. The second-order valence-electron chi connectivity index (χ2n) is 6.77. The van der Waals surface area contributed by atoms with E-state index in [-0.39, 0.29) is 6.04 Å². The highest BCUT2D eigenvalue weighted by molar-refractivity contribution is 7.90.